The summed E-state index contributed by atoms with van der Waals surface area (Å²) in [6.45, 7) is 7.91. The summed E-state index contributed by atoms with van der Waals surface area (Å²) in [4.78, 5) is 16.4. The van der Waals surface area contributed by atoms with Gasteiger partial charge in [-0.2, -0.15) is 0 Å². The number of hydrogen-bond acceptors (Lipinski definition) is 4. The molecule has 0 aliphatic rings. The van der Waals surface area contributed by atoms with Crippen molar-refractivity contribution in [2.45, 2.75) is 59.0 Å². The van der Waals surface area contributed by atoms with Crippen LogP contribution in [0.5, 0.6) is 0 Å². The fraction of sp³-hybridized carbons (Fsp3) is 0.909. The van der Waals surface area contributed by atoms with Crippen LogP contribution in [0.3, 0.4) is 0 Å². The molecule has 0 spiro atoms. The second-order valence-electron chi connectivity index (χ2n) is 4.70. The van der Waals surface area contributed by atoms with E-state index in [0.29, 0.717) is 11.8 Å². The van der Waals surface area contributed by atoms with E-state index in [1.165, 1.54) is 12.8 Å². The highest BCUT2D eigenvalue weighted by molar-refractivity contribution is 5.65. The normalized spacial score (nSPS) is 11.3. The summed E-state index contributed by atoms with van der Waals surface area (Å²) in [5.74, 6) is 5.38. The van der Waals surface area contributed by atoms with E-state index in [2.05, 4.69) is 6.92 Å². The highest BCUT2D eigenvalue weighted by Gasteiger charge is 2.20. The maximum absolute atomic E-state index is 11.3. The summed E-state index contributed by atoms with van der Waals surface area (Å²) in [5.41, 5.74) is -0.555. The highest BCUT2D eigenvalue weighted by atomic mass is 16.8. The monoisotopic (exact) mass is 232 g/mol. The standard InChI is InChI=1S/C11H24N2O3/c1-5-6-7-8-9-15-13(12)10(14)16-11(2,3)4/h5-9,12H2,1-4H3. The van der Waals surface area contributed by atoms with E-state index < -0.39 is 11.7 Å². The Bertz CT molecular complexity index is 202. The van der Waals surface area contributed by atoms with Gasteiger partial charge < -0.3 is 4.74 Å². The van der Waals surface area contributed by atoms with Crippen molar-refractivity contribution in [1.82, 2.24) is 5.17 Å². The maximum atomic E-state index is 11.3. The van der Waals surface area contributed by atoms with Crippen LogP contribution in [-0.2, 0) is 9.57 Å². The lowest BCUT2D eigenvalue weighted by molar-refractivity contribution is -0.150. The Hall–Kier alpha value is -0.810. The summed E-state index contributed by atoms with van der Waals surface area (Å²) in [6, 6.07) is 0. The first-order chi connectivity index (χ1) is 7.37. The second kappa shape index (κ2) is 7.46. The van der Waals surface area contributed by atoms with Crippen LogP contribution in [0.2, 0.25) is 0 Å². The molecule has 16 heavy (non-hydrogen) atoms. The molecule has 5 nitrogen and oxygen atoms in total. The van der Waals surface area contributed by atoms with E-state index in [0.717, 1.165) is 12.8 Å². The van der Waals surface area contributed by atoms with Gasteiger partial charge in [0, 0.05) is 0 Å². The molecule has 2 N–H and O–H groups in total. The third-order valence-corrected chi connectivity index (χ3v) is 1.80. The van der Waals surface area contributed by atoms with E-state index in [4.69, 9.17) is 15.4 Å². The molecule has 1 amide bonds. The Balaban J connectivity index is 3.64. The summed E-state index contributed by atoms with van der Waals surface area (Å²) >= 11 is 0. The third-order valence-electron chi connectivity index (χ3n) is 1.80. The number of carbonyl (C=O) groups is 1. The lowest BCUT2D eigenvalue weighted by atomic mass is 10.2. The van der Waals surface area contributed by atoms with Crippen molar-refractivity contribution < 1.29 is 14.4 Å². The Morgan fingerprint density at radius 2 is 1.88 bits per heavy atom. The number of carbonyl (C=O) groups excluding carboxylic acids is 1. The van der Waals surface area contributed by atoms with Gasteiger partial charge in [-0.25, -0.2) is 10.6 Å². The van der Waals surface area contributed by atoms with Crippen molar-refractivity contribution in [1.29, 1.82) is 0 Å². The largest absolute Gasteiger partial charge is 0.449 e. The minimum atomic E-state index is -0.664. The van der Waals surface area contributed by atoms with Crippen LogP contribution in [0.25, 0.3) is 0 Å². The predicted molar refractivity (Wildman–Crippen MR) is 62.4 cm³/mol. The number of unbranched alkanes of at least 4 members (excludes halogenated alkanes) is 3. The molecule has 0 radical (unpaired) electrons. The molecule has 0 saturated heterocycles. The van der Waals surface area contributed by atoms with Crippen molar-refractivity contribution in [3.8, 4) is 0 Å². The average Bonchev–Trinajstić information content (AvgIpc) is 2.14. The van der Waals surface area contributed by atoms with Gasteiger partial charge in [-0.1, -0.05) is 26.2 Å². The molecular weight excluding hydrogens is 208 g/mol. The maximum Gasteiger partial charge on any atom is 0.449 e. The van der Waals surface area contributed by atoms with Gasteiger partial charge in [-0.3, -0.25) is 4.84 Å². The molecule has 0 fully saturated rings. The van der Waals surface area contributed by atoms with Crippen molar-refractivity contribution in [3.05, 3.63) is 0 Å². The van der Waals surface area contributed by atoms with Gasteiger partial charge in [0.25, 0.3) is 0 Å². The smallest absolute Gasteiger partial charge is 0.441 e. The van der Waals surface area contributed by atoms with Gasteiger partial charge in [0.2, 0.25) is 0 Å². The molecule has 0 rings (SSSR count). The number of hydrogen-bond donors (Lipinski definition) is 1. The zero-order valence-electron chi connectivity index (χ0n) is 10.8. The van der Waals surface area contributed by atoms with Crippen molar-refractivity contribution in [3.63, 3.8) is 0 Å². The quantitative estimate of drug-likeness (QED) is 0.331. The lowest BCUT2D eigenvalue weighted by Gasteiger charge is -2.23. The molecule has 0 aromatic heterocycles. The van der Waals surface area contributed by atoms with Crippen molar-refractivity contribution in [2.24, 2.45) is 5.84 Å². The van der Waals surface area contributed by atoms with Crippen LogP contribution < -0.4 is 5.84 Å². The Kier molecular flexibility index (Phi) is 7.08. The summed E-state index contributed by atoms with van der Waals surface area (Å²) < 4.78 is 5.01. The topological polar surface area (TPSA) is 64.8 Å². The van der Waals surface area contributed by atoms with Crippen LogP contribution in [0.4, 0.5) is 4.79 Å². The molecule has 0 heterocycles. The number of rotatable bonds is 6. The van der Waals surface area contributed by atoms with E-state index in [-0.39, 0.29) is 0 Å². The van der Waals surface area contributed by atoms with Crippen LogP contribution in [0, 0.1) is 0 Å². The Labute approximate surface area is 97.8 Å². The number of amides is 1. The van der Waals surface area contributed by atoms with E-state index >= 15 is 0 Å². The fourth-order valence-corrected chi connectivity index (χ4v) is 1.05. The van der Waals surface area contributed by atoms with Gasteiger partial charge in [0.1, 0.15) is 5.60 Å². The third kappa shape index (κ3) is 8.49. The second-order valence-corrected chi connectivity index (χ2v) is 4.70. The molecule has 0 aliphatic heterocycles. The number of nitrogens with zero attached hydrogens (tertiary/aromatic N) is 1. The van der Waals surface area contributed by atoms with E-state index in [9.17, 15) is 4.79 Å². The average molecular weight is 232 g/mol. The minimum Gasteiger partial charge on any atom is -0.441 e. The lowest BCUT2D eigenvalue weighted by Crippen LogP contribution is -2.41. The van der Waals surface area contributed by atoms with E-state index in [1.807, 2.05) is 0 Å². The van der Waals surface area contributed by atoms with Crippen molar-refractivity contribution >= 4 is 6.09 Å². The summed E-state index contributed by atoms with van der Waals surface area (Å²) in [5, 5.41) is 0.664. The predicted octanol–water partition coefficient (Wildman–Crippen LogP) is 2.61. The molecule has 0 atom stereocenters. The van der Waals surface area contributed by atoms with Gasteiger partial charge >= 0.3 is 6.09 Å². The van der Waals surface area contributed by atoms with Crippen LogP contribution in [-0.4, -0.2) is 23.5 Å². The molecule has 0 bridgehead atoms. The van der Waals surface area contributed by atoms with Crippen LogP contribution in [0.1, 0.15) is 53.4 Å². The first-order valence-corrected chi connectivity index (χ1v) is 5.77. The summed E-state index contributed by atoms with van der Waals surface area (Å²) in [7, 11) is 0. The number of nitrogens with two attached hydrogens (primary N) is 1. The summed E-state index contributed by atoms with van der Waals surface area (Å²) in [6.07, 6.45) is 3.64. The zero-order chi connectivity index (χ0) is 12.6. The fourth-order valence-electron chi connectivity index (χ4n) is 1.05. The molecular formula is C11H24N2O3. The zero-order valence-corrected chi connectivity index (χ0v) is 10.8. The van der Waals surface area contributed by atoms with Crippen LogP contribution >= 0.6 is 0 Å². The van der Waals surface area contributed by atoms with Gasteiger partial charge in [0.15, 0.2) is 0 Å². The molecule has 0 aromatic carbocycles. The van der Waals surface area contributed by atoms with Gasteiger partial charge in [0.05, 0.1) is 6.61 Å². The number of ether oxygens (including phenoxy) is 1. The van der Waals surface area contributed by atoms with Gasteiger partial charge in [-0.05, 0) is 27.2 Å². The van der Waals surface area contributed by atoms with E-state index in [1.54, 1.807) is 20.8 Å². The Morgan fingerprint density at radius 1 is 1.25 bits per heavy atom. The highest BCUT2D eigenvalue weighted by Crippen LogP contribution is 2.08. The molecule has 0 saturated carbocycles. The van der Waals surface area contributed by atoms with Crippen LogP contribution in [0.15, 0.2) is 0 Å². The first-order valence-electron chi connectivity index (χ1n) is 5.77. The van der Waals surface area contributed by atoms with Gasteiger partial charge in [-0.15, -0.1) is 5.17 Å². The number of hydrazine groups is 1. The SMILES string of the molecule is CCCCCCON(N)C(=O)OC(C)(C)C. The Morgan fingerprint density at radius 3 is 2.38 bits per heavy atom. The molecule has 0 unspecified atom stereocenters. The first kappa shape index (κ1) is 15.2. The number of hydroxylamine groups is 1. The molecule has 0 aromatic rings. The van der Waals surface area contributed by atoms with Crippen molar-refractivity contribution in [2.75, 3.05) is 6.61 Å². The molecule has 96 valence electrons. The molecule has 0 aliphatic carbocycles. The molecule has 5 heteroatoms. The minimum absolute atomic E-state index is 0.440.